The van der Waals surface area contributed by atoms with Crippen molar-refractivity contribution in [3.63, 3.8) is 0 Å². The van der Waals surface area contributed by atoms with Crippen molar-refractivity contribution in [2.24, 2.45) is 11.8 Å². The fraction of sp³-hybridized carbons (Fsp3) is 0.318. The molecule has 0 aromatic heterocycles. The number of rotatable bonds is 3. The first kappa shape index (κ1) is 19.1. The number of amides is 2. The largest absolute Gasteiger partial charge is 0.508 e. The van der Waals surface area contributed by atoms with Crippen molar-refractivity contribution in [3.05, 3.63) is 59.7 Å². The average Bonchev–Trinajstić information content (AvgIpc) is 3.17. The minimum absolute atomic E-state index is 0.0918. The Morgan fingerprint density at radius 2 is 1.69 bits per heavy atom. The number of benzene rings is 2. The predicted octanol–water partition coefficient (Wildman–Crippen LogP) is 2.08. The molecule has 0 spiro atoms. The van der Waals surface area contributed by atoms with Gasteiger partial charge in [-0.3, -0.25) is 19.7 Å². The van der Waals surface area contributed by atoms with Gasteiger partial charge in [-0.25, -0.2) is 4.90 Å². The maximum Gasteiger partial charge on any atom is 0.326 e. The van der Waals surface area contributed by atoms with Crippen molar-refractivity contribution in [1.29, 1.82) is 0 Å². The van der Waals surface area contributed by atoms with Gasteiger partial charge in [0.2, 0.25) is 11.8 Å². The number of aryl methyl sites for hydroxylation is 1. The highest BCUT2D eigenvalue weighted by Gasteiger charge is 2.67. The minimum atomic E-state index is -1.35. The molecule has 2 aliphatic heterocycles. The van der Waals surface area contributed by atoms with E-state index in [1.54, 1.807) is 31.2 Å². The predicted molar refractivity (Wildman–Crippen MR) is 105 cm³/mol. The molecular formula is C22H22N2O5. The zero-order chi connectivity index (χ0) is 20.9. The van der Waals surface area contributed by atoms with E-state index in [1.165, 1.54) is 24.1 Å². The van der Waals surface area contributed by atoms with Crippen molar-refractivity contribution in [2.45, 2.75) is 25.4 Å². The zero-order valence-corrected chi connectivity index (χ0v) is 16.4. The summed E-state index contributed by atoms with van der Waals surface area (Å²) in [6.45, 7) is 3.52. The molecule has 2 N–H and O–H groups in total. The molecule has 4 rings (SSSR count). The Morgan fingerprint density at radius 1 is 1.07 bits per heavy atom. The Morgan fingerprint density at radius 3 is 2.28 bits per heavy atom. The maximum atomic E-state index is 13.4. The molecular weight excluding hydrogens is 372 g/mol. The maximum absolute atomic E-state index is 13.4. The molecule has 0 bridgehead atoms. The van der Waals surface area contributed by atoms with Gasteiger partial charge < -0.3 is 9.84 Å². The summed E-state index contributed by atoms with van der Waals surface area (Å²) < 4.78 is 4.97. The first-order valence-electron chi connectivity index (χ1n) is 9.37. The molecule has 0 radical (unpaired) electrons. The molecule has 2 aromatic rings. The number of nitrogens with zero attached hydrogens (tertiary/aromatic N) is 1. The van der Waals surface area contributed by atoms with Gasteiger partial charge in [0.25, 0.3) is 0 Å². The summed E-state index contributed by atoms with van der Waals surface area (Å²) in [5.74, 6) is -2.96. The van der Waals surface area contributed by atoms with Crippen LogP contribution in [0.25, 0.3) is 0 Å². The Kier molecular flexibility index (Phi) is 4.42. The highest BCUT2D eigenvalue weighted by atomic mass is 16.5. The van der Waals surface area contributed by atoms with E-state index in [0.717, 1.165) is 5.56 Å². The normalized spacial score (nSPS) is 28.5. The van der Waals surface area contributed by atoms with Gasteiger partial charge in [-0.05, 0) is 43.7 Å². The lowest BCUT2D eigenvalue weighted by Gasteiger charge is -2.28. The summed E-state index contributed by atoms with van der Waals surface area (Å²) in [5, 5.41) is 12.8. The van der Waals surface area contributed by atoms with E-state index < -0.39 is 35.3 Å². The number of phenolic OH excluding ortho intramolecular Hbond substituents is 1. The summed E-state index contributed by atoms with van der Waals surface area (Å²) in [5.41, 5.74) is 0.846. The third kappa shape index (κ3) is 2.81. The van der Waals surface area contributed by atoms with E-state index in [2.05, 4.69) is 5.32 Å². The number of nitrogens with one attached hydrogen (secondary N) is 1. The Hall–Kier alpha value is -3.19. The summed E-state index contributed by atoms with van der Waals surface area (Å²) in [6.07, 6.45) is 0. The van der Waals surface area contributed by atoms with E-state index in [-0.39, 0.29) is 11.7 Å². The monoisotopic (exact) mass is 394 g/mol. The molecule has 29 heavy (non-hydrogen) atoms. The highest BCUT2D eigenvalue weighted by Crippen LogP contribution is 2.50. The van der Waals surface area contributed by atoms with Gasteiger partial charge in [-0.2, -0.15) is 0 Å². The third-order valence-corrected chi connectivity index (χ3v) is 5.94. The van der Waals surface area contributed by atoms with E-state index in [0.29, 0.717) is 11.3 Å². The van der Waals surface area contributed by atoms with Crippen LogP contribution >= 0.6 is 0 Å². The number of esters is 1. The summed E-state index contributed by atoms with van der Waals surface area (Å²) in [7, 11) is 1.26. The van der Waals surface area contributed by atoms with E-state index in [1.807, 2.05) is 19.1 Å². The Labute approximate surface area is 168 Å². The second-order valence-corrected chi connectivity index (χ2v) is 7.76. The molecule has 2 aromatic carbocycles. The van der Waals surface area contributed by atoms with E-state index >= 15 is 0 Å². The Bertz CT molecular complexity index is 985. The molecule has 0 unspecified atom stereocenters. The van der Waals surface area contributed by atoms with Crippen molar-refractivity contribution in [3.8, 4) is 5.75 Å². The van der Waals surface area contributed by atoms with Crippen LogP contribution in [0, 0.1) is 18.8 Å². The molecule has 2 heterocycles. The number of ether oxygens (including phenoxy) is 1. The van der Waals surface area contributed by atoms with Crippen LogP contribution in [0.3, 0.4) is 0 Å². The summed E-state index contributed by atoms with van der Waals surface area (Å²) in [6, 6.07) is 12.9. The van der Waals surface area contributed by atoms with Gasteiger partial charge in [0.05, 0.1) is 24.6 Å². The number of methoxy groups -OCH3 is 1. The standard InChI is InChI=1S/C22H22N2O5/c1-12-4-8-14(9-5-12)24-19(26)16-17(20(24)27)22(2,21(28)29-3)23-18(16)13-6-10-15(25)11-7-13/h4-11,16-18,23,25H,1-3H3/t16-,17+,18+,22+/m0/s1. The lowest BCUT2D eigenvalue weighted by Crippen LogP contribution is -2.54. The number of phenols is 1. The van der Waals surface area contributed by atoms with Gasteiger partial charge in [0.1, 0.15) is 11.3 Å². The number of hydrogen-bond donors (Lipinski definition) is 2. The van der Waals surface area contributed by atoms with Gasteiger partial charge in [-0.15, -0.1) is 0 Å². The first-order chi connectivity index (χ1) is 13.8. The molecule has 150 valence electrons. The molecule has 0 saturated carbocycles. The fourth-order valence-electron chi connectivity index (χ4n) is 4.46. The van der Waals surface area contributed by atoms with Gasteiger partial charge in [0, 0.05) is 6.04 Å². The van der Waals surface area contributed by atoms with Gasteiger partial charge >= 0.3 is 5.97 Å². The van der Waals surface area contributed by atoms with Crippen molar-refractivity contribution < 1.29 is 24.2 Å². The number of carbonyl (C=O) groups excluding carboxylic acids is 3. The van der Waals surface area contributed by atoms with Crippen LogP contribution in [0.5, 0.6) is 5.75 Å². The number of fused-ring (bicyclic) bond motifs is 1. The third-order valence-electron chi connectivity index (χ3n) is 5.94. The molecule has 2 amide bonds. The van der Waals surface area contributed by atoms with Crippen LogP contribution in [-0.2, 0) is 19.1 Å². The molecule has 7 heteroatoms. The number of hydrogen-bond acceptors (Lipinski definition) is 6. The highest BCUT2D eigenvalue weighted by molar-refractivity contribution is 6.24. The van der Waals surface area contributed by atoms with Crippen molar-refractivity contribution in [2.75, 3.05) is 12.0 Å². The number of imide groups is 1. The molecule has 2 fully saturated rings. The van der Waals surface area contributed by atoms with E-state index in [4.69, 9.17) is 4.74 Å². The number of aromatic hydroxyl groups is 1. The topological polar surface area (TPSA) is 95.9 Å². The lowest BCUT2D eigenvalue weighted by molar-refractivity contribution is -0.151. The second kappa shape index (κ2) is 6.70. The molecule has 7 nitrogen and oxygen atoms in total. The zero-order valence-electron chi connectivity index (χ0n) is 16.4. The molecule has 4 atom stereocenters. The quantitative estimate of drug-likeness (QED) is 0.611. The van der Waals surface area contributed by atoms with Crippen LogP contribution in [0.4, 0.5) is 5.69 Å². The lowest BCUT2D eigenvalue weighted by atomic mass is 9.80. The molecule has 2 aliphatic rings. The average molecular weight is 394 g/mol. The summed E-state index contributed by atoms with van der Waals surface area (Å²) >= 11 is 0. The van der Waals surface area contributed by atoms with Crippen molar-refractivity contribution >= 4 is 23.5 Å². The van der Waals surface area contributed by atoms with Crippen LogP contribution in [0.1, 0.15) is 24.1 Å². The smallest absolute Gasteiger partial charge is 0.326 e. The number of carbonyl (C=O) groups is 3. The van der Waals surface area contributed by atoms with Crippen LogP contribution < -0.4 is 10.2 Å². The van der Waals surface area contributed by atoms with Crippen molar-refractivity contribution in [1.82, 2.24) is 5.32 Å². The fourth-order valence-corrected chi connectivity index (χ4v) is 4.46. The SMILES string of the molecule is COC(=O)[C@]1(C)N[C@H](c2ccc(O)cc2)[C@H]2C(=O)N(c3ccc(C)cc3)C(=O)[C@@H]21. The first-order valence-corrected chi connectivity index (χ1v) is 9.37. The second-order valence-electron chi connectivity index (χ2n) is 7.76. The summed E-state index contributed by atoms with van der Waals surface area (Å²) in [4.78, 5) is 40.6. The van der Waals surface area contributed by atoms with Gasteiger partial charge in [0.15, 0.2) is 0 Å². The number of anilines is 1. The molecule has 2 saturated heterocycles. The molecule has 0 aliphatic carbocycles. The van der Waals surface area contributed by atoms with Crippen LogP contribution in [-0.4, -0.2) is 35.5 Å². The van der Waals surface area contributed by atoms with Crippen LogP contribution in [0.15, 0.2) is 48.5 Å². The minimum Gasteiger partial charge on any atom is -0.508 e. The van der Waals surface area contributed by atoms with Gasteiger partial charge in [-0.1, -0.05) is 29.8 Å². The van der Waals surface area contributed by atoms with E-state index in [9.17, 15) is 19.5 Å². The van der Waals surface area contributed by atoms with Crippen LogP contribution in [0.2, 0.25) is 0 Å². The Balaban J connectivity index is 1.81.